The Morgan fingerprint density at radius 2 is 1.79 bits per heavy atom. The molecule has 8 heteroatoms. The quantitative estimate of drug-likeness (QED) is 0.698. The second kappa shape index (κ2) is 8.69. The summed E-state index contributed by atoms with van der Waals surface area (Å²) in [5, 5.41) is 2.82. The molecule has 1 amide bonds. The lowest BCUT2D eigenvalue weighted by Crippen LogP contribution is -2.33. The molecule has 0 bridgehead atoms. The van der Waals surface area contributed by atoms with Crippen molar-refractivity contribution in [1.29, 1.82) is 0 Å². The summed E-state index contributed by atoms with van der Waals surface area (Å²) in [6, 6.07) is 12.4. The zero-order valence-corrected chi connectivity index (χ0v) is 15.1. The van der Waals surface area contributed by atoms with Crippen LogP contribution in [0.2, 0.25) is 0 Å². The number of carbonyl (C=O) groups excluding carboxylic acids is 2. The topological polar surface area (TPSA) is 73.9 Å². The summed E-state index contributed by atoms with van der Waals surface area (Å²) >= 11 is 0. The maximum absolute atomic E-state index is 12.6. The van der Waals surface area contributed by atoms with Gasteiger partial charge in [-0.25, -0.2) is 4.79 Å². The van der Waals surface area contributed by atoms with Gasteiger partial charge in [0.05, 0.1) is 12.7 Å². The van der Waals surface area contributed by atoms with Crippen LogP contribution in [0.1, 0.15) is 34.9 Å². The second-order valence-electron chi connectivity index (χ2n) is 6.22. The maximum atomic E-state index is 12.6. The number of benzene rings is 2. The number of alkyl halides is 2. The number of hydrogen-bond donors (Lipinski definition) is 1. The van der Waals surface area contributed by atoms with Crippen molar-refractivity contribution in [3.8, 4) is 11.5 Å². The maximum Gasteiger partial charge on any atom is 0.387 e. The summed E-state index contributed by atoms with van der Waals surface area (Å²) in [6.45, 7) is -3.03. The number of rotatable bonds is 8. The van der Waals surface area contributed by atoms with Crippen LogP contribution in [0, 0.1) is 0 Å². The first-order valence-electron chi connectivity index (χ1n) is 8.67. The van der Waals surface area contributed by atoms with Crippen LogP contribution >= 0.6 is 0 Å². The van der Waals surface area contributed by atoms with Crippen LogP contribution in [0.3, 0.4) is 0 Å². The molecule has 2 aromatic carbocycles. The number of halogens is 2. The first-order valence-corrected chi connectivity index (χ1v) is 8.67. The van der Waals surface area contributed by atoms with E-state index in [9.17, 15) is 18.4 Å². The van der Waals surface area contributed by atoms with Crippen molar-refractivity contribution >= 4 is 11.9 Å². The van der Waals surface area contributed by atoms with Crippen LogP contribution in [-0.4, -0.2) is 31.6 Å². The highest BCUT2D eigenvalue weighted by Gasteiger charge is 2.31. The van der Waals surface area contributed by atoms with Gasteiger partial charge in [-0.1, -0.05) is 30.3 Å². The Morgan fingerprint density at radius 1 is 1.07 bits per heavy atom. The molecular formula is C20H19F2NO5. The van der Waals surface area contributed by atoms with Crippen LogP contribution in [-0.2, 0) is 9.53 Å². The van der Waals surface area contributed by atoms with Gasteiger partial charge in [-0.3, -0.25) is 4.79 Å². The minimum Gasteiger partial charge on any atom is -0.493 e. The fourth-order valence-electron chi connectivity index (χ4n) is 2.57. The van der Waals surface area contributed by atoms with Crippen LogP contribution in [0.5, 0.6) is 11.5 Å². The Balaban J connectivity index is 1.80. The fourth-order valence-corrected chi connectivity index (χ4v) is 2.57. The summed E-state index contributed by atoms with van der Waals surface area (Å²) in [5.41, 5.74) is 0.567. The second-order valence-corrected chi connectivity index (χ2v) is 6.22. The van der Waals surface area contributed by atoms with Gasteiger partial charge in [-0.2, -0.15) is 8.78 Å². The number of carbonyl (C=O) groups is 2. The van der Waals surface area contributed by atoms with Crippen molar-refractivity contribution in [3.63, 3.8) is 0 Å². The van der Waals surface area contributed by atoms with Gasteiger partial charge >= 0.3 is 12.6 Å². The van der Waals surface area contributed by atoms with Crippen LogP contribution in [0.25, 0.3) is 0 Å². The Hall–Kier alpha value is -3.16. The van der Waals surface area contributed by atoms with E-state index in [-0.39, 0.29) is 23.1 Å². The smallest absolute Gasteiger partial charge is 0.387 e. The molecule has 0 radical (unpaired) electrons. The number of amides is 1. The van der Waals surface area contributed by atoms with E-state index in [4.69, 9.17) is 9.47 Å². The summed E-state index contributed by atoms with van der Waals surface area (Å²) in [5.74, 6) is -1.46. The summed E-state index contributed by atoms with van der Waals surface area (Å²) in [4.78, 5) is 25.1. The van der Waals surface area contributed by atoms with Gasteiger partial charge in [0.25, 0.3) is 5.91 Å². The Labute approximate surface area is 160 Å². The van der Waals surface area contributed by atoms with Crippen molar-refractivity contribution in [2.45, 2.75) is 31.6 Å². The molecule has 148 valence electrons. The van der Waals surface area contributed by atoms with E-state index in [1.54, 1.807) is 30.3 Å². The van der Waals surface area contributed by atoms with E-state index in [1.165, 1.54) is 25.3 Å². The highest BCUT2D eigenvalue weighted by atomic mass is 19.3. The molecule has 1 saturated carbocycles. The molecule has 6 nitrogen and oxygen atoms in total. The van der Waals surface area contributed by atoms with Gasteiger partial charge in [0.1, 0.15) is 0 Å². The Morgan fingerprint density at radius 3 is 2.39 bits per heavy atom. The summed E-state index contributed by atoms with van der Waals surface area (Å²) < 4.78 is 39.6. The third-order valence-electron chi connectivity index (χ3n) is 4.10. The lowest BCUT2D eigenvalue weighted by atomic mass is 10.1. The number of ether oxygens (including phenoxy) is 3. The molecule has 1 fully saturated rings. The minimum atomic E-state index is -3.03. The molecule has 28 heavy (non-hydrogen) atoms. The number of methoxy groups -OCH3 is 1. The van der Waals surface area contributed by atoms with Crippen LogP contribution in [0.15, 0.2) is 48.5 Å². The van der Waals surface area contributed by atoms with E-state index in [1.807, 2.05) is 0 Å². The molecule has 1 aliphatic rings. The first kappa shape index (κ1) is 19.6. The van der Waals surface area contributed by atoms with Gasteiger partial charge in [-0.15, -0.1) is 0 Å². The molecular weight excluding hydrogens is 372 g/mol. The van der Waals surface area contributed by atoms with Crippen molar-refractivity contribution in [2.24, 2.45) is 0 Å². The van der Waals surface area contributed by atoms with Crippen LogP contribution in [0.4, 0.5) is 8.78 Å². The first-order chi connectivity index (χ1) is 13.5. The molecule has 1 aliphatic carbocycles. The third kappa shape index (κ3) is 4.97. The monoisotopic (exact) mass is 391 g/mol. The van der Waals surface area contributed by atoms with Gasteiger partial charge in [0.15, 0.2) is 11.5 Å². The molecule has 0 saturated heterocycles. The highest BCUT2D eigenvalue weighted by molar-refractivity contribution is 5.93. The van der Waals surface area contributed by atoms with E-state index in [0.717, 1.165) is 12.8 Å². The van der Waals surface area contributed by atoms with E-state index >= 15 is 0 Å². The van der Waals surface area contributed by atoms with Crippen LogP contribution < -0.4 is 14.8 Å². The average Bonchev–Trinajstić information content (AvgIpc) is 3.50. The highest BCUT2D eigenvalue weighted by Crippen LogP contribution is 2.31. The lowest BCUT2D eigenvalue weighted by Gasteiger charge is -2.18. The minimum absolute atomic E-state index is 0.0404. The number of hydrogen-bond acceptors (Lipinski definition) is 5. The van der Waals surface area contributed by atoms with E-state index in [0.29, 0.717) is 5.56 Å². The van der Waals surface area contributed by atoms with E-state index in [2.05, 4.69) is 10.1 Å². The predicted molar refractivity (Wildman–Crippen MR) is 95.4 cm³/mol. The predicted octanol–water partition coefficient (Wildman–Crippen LogP) is 3.47. The Bertz CT molecular complexity index is 840. The summed E-state index contributed by atoms with van der Waals surface area (Å²) in [7, 11) is 1.26. The lowest BCUT2D eigenvalue weighted by molar-refractivity contribution is -0.130. The zero-order valence-electron chi connectivity index (χ0n) is 15.1. The molecule has 2 aromatic rings. The summed E-state index contributed by atoms with van der Waals surface area (Å²) in [6.07, 6.45) is 0.658. The molecule has 1 unspecified atom stereocenters. The van der Waals surface area contributed by atoms with Crippen molar-refractivity contribution in [2.75, 3.05) is 7.11 Å². The number of esters is 1. The van der Waals surface area contributed by atoms with Crippen molar-refractivity contribution in [3.05, 3.63) is 59.7 Å². The molecule has 1 N–H and O–H groups in total. The van der Waals surface area contributed by atoms with Gasteiger partial charge in [0.2, 0.25) is 6.10 Å². The zero-order chi connectivity index (χ0) is 20.1. The van der Waals surface area contributed by atoms with Crippen molar-refractivity contribution in [1.82, 2.24) is 5.32 Å². The van der Waals surface area contributed by atoms with Gasteiger partial charge in [0, 0.05) is 11.6 Å². The van der Waals surface area contributed by atoms with Gasteiger partial charge in [-0.05, 0) is 31.0 Å². The SMILES string of the molecule is COc1cc(C(=O)OC(C(=O)NC2CC2)c2ccccc2)ccc1OC(F)F. The third-order valence-corrected chi connectivity index (χ3v) is 4.10. The molecule has 1 atom stereocenters. The molecule has 3 rings (SSSR count). The number of nitrogens with one attached hydrogen (secondary N) is 1. The fraction of sp³-hybridized carbons (Fsp3) is 0.300. The average molecular weight is 391 g/mol. The Kier molecular flexibility index (Phi) is 6.08. The largest absolute Gasteiger partial charge is 0.493 e. The molecule has 0 heterocycles. The van der Waals surface area contributed by atoms with Crippen molar-refractivity contribution < 1.29 is 32.6 Å². The molecule has 0 aromatic heterocycles. The molecule has 0 aliphatic heterocycles. The normalized spacial score (nSPS) is 14.3. The van der Waals surface area contributed by atoms with E-state index < -0.39 is 24.6 Å². The van der Waals surface area contributed by atoms with Gasteiger partial charge < -0.3 is 19.5 Å². The standard InChI is InChI=1S/C20H19F2NO5/c1-26-16-11-13(7-10-15(16)27-20(21)22)19(25)28-17(12-5-3-2-4-6-12)18(24)23-14-8-9-14/h2-7,10-11,14,17,20H,8-9H2,1H3,(H,23,24). The molecule has 0 spiro atoms.